The van der Waals surface area contributed by atoms with Gasteiger partial charge in [0.1, 0.15) is 12.4 Å². The van der Waals surface area contributed by atoms with Crippen molar-refractivity contribution in [1.82, 2.24) is 4.90 Å². The second-order valence-corrected chi connectivity index (χ2v) is 9.12. The third kappa shape index (κ3) is 2.78. The molecule has 2 aromatic rings. The second-order valence-electron chi connectivity index (χ2n) is 8.21. The lowest BCUT2D eigenvalue weighted by Gasteiger charge is -2.32. The average Bonchev–Trinajstić information content (AvgIpc) is 3.40. The largest absolute Gasteiger partial charge is 0.489 e. The summed E-state index contributed by atoms with van der Waals surface area (Å²) in [5, 5.41) is 15.6. The standard InChI is InChI=1S/C23H22BrN3O4/c1-2-12-31-19-10-9-14(24)13-15(19)20-18-8-5-11-26(18)23(21(20)27(29)30)16-6-3-4-7-17(16)25-22(23)28/h2-4,6-7,9-10,13,18,20-21H,1,5,8,11-12H2,(H,25,28)/t18-,20+,21+,23+/m0/s1. The van der Waals surface area contributed by atoms with E-state index < -0.39 is 17.5 Å². The van der Waals surface area contributed by atoms with Crippen LogP contribution in [0.4, 0.5) is 5.69 Å². The van der Waals surface area contributed by atoms with Gasteiger partial charge in [-0.3, -0.25) is 19.8 Å². The van der Waals surface area contributed by atoms with Crippen molar-refractivity contribution < 1.29 is 14.5 Å². The van der Waals surface area contributed by atoms with Crippen molar-refractivity contribution in [1.29, 1.82) is 0 Å². The minimum atomic E-state index is -1.33. The van der Waals surface area contributed by atoms with Gasteiger partial charge in [-0.25, -0.2) is 0 Å². The predicted molar refractivity (Wildman–Crippen MR) is 120 cm³/mol. The third-order valence-electron chi connectivity index (χ3n) is 6.78. The molecule has 3 heterocycles. The first-order chi connectivity index (χ1) is 15.0. The van der Waals surface area contributed by atoms with Crippen molar-refractivity contribution in [3.8, 4) is 5.75 Å². The molecule has 7 nitrogen and oxygen atoms in total. The zero-order valence-corrected chi connectivity index (χ0v) is 18.4. The first-order valence-corrected chi connectivity index (χ1v) is 11.1. The first kappa shape index (κ1) is 20.2. The van der Waals surface area contributed by atoms with E-state index in [9.17, 15) is 14.9 Å². The van der Waals surface area contributed by atoms with Crippen LogP contribution in [0.15, 0.2) is 59.6 Å². The molecule has 3 aliphatic heterocycles. The summed E-state index contributed by atoms with van der Waals surface area (Å²) >= 11 is 3.52. The van der Waals surface area contributed by atoms with Gasteiger partial charge in [0.2, 0.25) is 0 Å². The summed E-state index contributed by atoms with van der Waals surface area (Å²) in [7, 11) is 0. The zero-order chi connectivity index (χ0) is 21.8. The lowest BCUT2D eigenvalue weighted by molar-refractivity contribution is -0.534. The first-order valence-electron chi connectivity index (χ1n) is 10.3. The number of carbonyl (C=O) groups excluding carboxylic acids is 1. The van der Waals surface area contributed by atoms with Crippen LogP contribution in [-0.2, 0) is 10.3 Å². The van der Waals surface area contributed by atoms with Crippen LogP contribution in [0.25, 0.3) is 0 Å². The molecule has 5 rings (SSSR count). The van der Waals surface area contributed by atoms with Gasteiger partial charge in [-0.1, -0.05) is 46.8 Å². The number of fused-ring (bicyclic) bond motifs is 4. The molecule has 3 aliphatic rings. The van der Waals surface area contributed by atoms with E-state index in [1.165, 1.54) is 0 Å². The van der Waals surface area contributed by atoms with Gasteiger partial charge >= 0.3 is 0 Å². The molecule has 2 fully saturated rings. The van der Waals surface area contributed by atoms with Crippen molar-refractivity contribution in [2.75, 3.05) is 18.5 Å². The van der Waals surface area contributed by atoms with Crippen LogP contribution in [0, 0.1) is 10.1 Å². The van der Waals surface area contributed by atoms with Crippen molar-refractivity contribution >= 4 is 27.5 Å². The van der Waals surface area contributed by atoms with Crippen molar-refractivity contribution in [2.24, 2.45) is 0 Å². The molecule has 2 saturated heterocycles. The summed E-state index contributed by atoms with van der Waals surface area (Å²) in [5.41, 5.74) is 0.774. The lowest BCUT2D eigenvalue weighted by atomic mass is 9.77. The number of nitrogens with one attached hydrogen (secondary N) is 1. The Morgan fingerprint density at radius 3 is 2.94 bits per heavy atom. The molecule has 0 radical (unpaired) electrons. The number of para-hydroxylation sites is 1. The highest BCUT2D eigenvalue weighted by Crippen LogP contribution is 2.59. The molecule has 0 unspecified atom stereocenters. The van der Waals surface area contributed by atoms with Gasteiger partial charge in [0, 0.05) is 38.8 Å². The second kappa shape index (κ2) is 7.46. The van der Waals surface area contributed by atoms with E-state index in [0.29, 0.717) is 30.2 Å². The van der Waals surface area contributed by atoms with Gasteiger partial charge < -0.3 is 10.1 Å². The molecular formula is C23H22BrN3O4. The highest BCUT2D eigenvalue weighted by molar-refractivity contribution is 9.10. The summed E-state index contributed by atoms with van der Waals surface area (Å²) in [5.74, 6) is -0.212. The molecule has 0 bridgehead atoms. The molecule has 1 spiro atoms. The molecule has 0 aromatic heterocycles. The number of halogens is 1. The Morgan fingerprint density at radius 1 is 1.35 bits per heavy atom. The fourth-order valence-electron chi connectivity index (χ4n) is 5.81. The predicted octanol–water partition coefficient (Wildman–Crippen LogP) is 4.07. The number of hydrogen-bond donors (Lipinski definition) is 1. The monoisotopic (exact) mass is 483 g/mol. The molecule has 0 saturated carbocycles. The molecule has 8 heteroatoms. The van der Waals surface area contributed by atoms with E-state index in [0.717, 1.165) is 22.9 Å². The van der Waals surface area contributed by atoms with Crippen LogP contribution in [0.1, 0.15) is 29.9 Å². The maximum absolute atomic E-state index is 13.5. The Balaban J connectivity index is 1.74. The number of nitro groups is 1. The number of rotatable bonds is 5. The number of anilines is 1. The summed E-state index contributed by atoms with van der Waals surface area (Å²) in [6.07, 6.45) is 3.33. The minimum absolute atomic E-state index is 0.132. The number of ether oxygens (including phenoxy) is 1. The maximum Gasteiger partial charge on any atom is 0.256 e. The van der Waals surface area contributed by atoms with Gasteiger partial charge in [-0.2, -0.15) is 0 Å². The van der Waals surface area contributed by atoms with E-state index in [4.69, 9.17) is 4.74 Å². The summed E-state index contributed by atoms with van der Waals surface area (Å²) in [6, 6.07) is 11.6. The van der Waals surface area contributed by atoms with Crippen LogP contribution >= 0.6 is 15.9 Å². The highest BCUT2D eigenvalue weighted by atomic mass is 79.9. The zero-order valence-electron chi connectivity index (χ0n) is 16.8. The van der Waals surface area contributed by atoms with Gasteiger partial charge in [0.25, 0.3) is 11.9 Å². The fourth-order valence-corrected chi connectivity index (χ4v) is 6.19. The van der Waals surface area contributed by atoms with Crippen LogP contribution in [0.5, 0.6) is 5.75 Å². The molecule has 0 aliphatic carbocycles. The van der Waals surface area contributed by atoms with E-state index in [-0.39, 0.29) is 16.9 Å². The molecule has 4 atom stereocenters. The number of benzene rings is 2. The van der Waals surface area contributed by atoms with Crippen LogP contribution in [0.2, 0.25) is 0 Å². The Hall–Kier alpha value is -2.71. The summed E-state index contributed by atoms with van der Waals surface area (Å²) in [4.78, 5) is 28.0. The van der Waals surface area contributed by atoms with Crippen molar-refractivity contribution in [2.45, 2.75) is 36.4 Å². The number of nitrogens with zero attached hydrogens (tertiary/aromatic N) is 2. The third-order valence-corrected chi connectivity index (χ3v) is 7.28. The Morgan fingerprint density at radius 2 is 2.16 bits per heavy atom. The Kier molecular flexibility index (Phi) is 4.86. The van der Waals surface area contributed by atoms with Crippen LogP contribution < -0.4 is 10.1 Å². The fraction of sp³-hybridized carbons (Fsp3) is 0.348. The van der Waals surface area contributed by atoms with Crippen LogP contribution in [-0.4, -0.2) is 41.0 Å². The minimum Gasteiger partial charge on any atom is -0.489 e. The SMILES string of the molecule is C=CCOc1ccc(Br)cc1[C@@H]1[C@@H]2CCCN2[C@@]2(C(=O)Nc3ccccc32)[C@@H]1[N+](=O)[O-]. The van der Waals surface area contributed by atoms with E-state index in [1.54, 1.807) is 6.08 Å². The van der Waals surface area contributed by atoms with E-state index >= 15 is 0 Å². The molecule has 1 amide bonds. The van der Waals surface area contributed by atoms with Gasteiger partial charge in [-0.05, 0) is 37.1 Å². The van der Waals surface area contributed by atoms with Gasteiger partial charge in [-0.15, -0.1) is 0 Å². The lowest BCUT2D eigenvalue weighted by Crippen LogP contribution is -2.55. The molecule has 31 heavy (non-hydrogen) atoms. The van der Waals surface area contributed by atoms with E-state index in [2.05, 4.69) is 32.7 Å². The molecule has 160 valence electrons. The quantitative estimate of drug-likeness (QED) is 0.393. The topological polar surface area (TPSA) is 84.7 Å². The summed E-state index contributed by atoms with van der Waals surface area (Å²) in [6.45, 7) is 4.65. The smallest absolute Gasteiger partial charge is 0.256 e. The number of hydrogen-bond acceptors (Lipinski definition) is 5. The summed E-state index contributed by atoms with van der Waals surface area (Å²) < 4.78 is 6.71. The Labute approximate surface area is 188 Å². The Bertz CT molecular complexity index is 1090. The molecular weight excluding hydrogens is 462 g/mol. The van der Waals surface area contributed by atoms with Crippen LogP contribution in [0.3, 0.4) is 0 Å². The molecule has 1 N–H and O–H groups in total. The van der Waals surface area contributed by atoms with Crippen molar-refractivity contribution in [3.05, 3.63) is 80.8 Å². The molecule has 2 aromatic carbocycles. The highest BCUT2D eigenvalue weighted by Gasteiger charge is 2.73. The van der Waals surface area contributed by atoms with Gasteiger partial charge in [0.05, 0.1) is 5.92 Å². The van der Waals surface area contributed by atoms with E-state index in [1.807, 2.05) is 42.5 Å². The number of amides is 1. The number of carbonyl (C=O) groups is 1. The van der Waals surface area contributed by atoms with Crippen molar-refractivity contribution in [3.63, 3.8) is 0 Å². The van der Waals surface area contributed by atoms with Gasteiger partial charge in [0.15, 0.2) is 5.54 Å². The maximum atomic E-state index is 13.5. The average molecular weight is 484 g/mol. The normalized spacial score (nSPS) is 28.9.